The number of pyridine rings is 2. The van der Waals surface area contributed by atoms with E-state index in [0.29, 0.717) is 17.7 Å². The van der Waals surface area contributed by atoms with Gasteiger partial charge in [-0.1, -0.05) is 27.2 Å². The lowest BCUT2D eigenvalue weighted by molar-refractivity contribution is 0.0974. The summed E-state index contributed by atoms with van der Waals surface area (Å²) in [5.41, 5.74) is 7.94. The summed E-state index contributed by atoms with van der Waals surface area (Å²) < 4.78 is 8.46. The van der Waals surface area contributed by atoms with Crippen LogP contribution >= 0.6 is 11.3 Å². The topological polar surface area (TPSA) is 70.1 Å². The Bertz CT molecular complexity index is 1020. The lowest BCUT2D eigenvalue weighted by Gasteiger charge is -2.14. The first-order valence-corrected chi connectivity index (χ1v) is 11.1. The van der Waals surface area contributed by atoms with Crippen LogP contribution in [-0.4, -0.2) is 22.8 Å². The van der Waals surface area contributed by atoms with Gasteiger partial charge in [0.05, 0.1) is 5.39 Å². The highest BCUT2D eigenvalue weighted by Gasteiger charge is 2.16. The van der Waals surface area contributed by atoms with E-state index in [1.165, 1.54) is 4.88 Å². The monoisotopic (exact) mass is 413 g/mol. The normalized spacial score (nSPS) is 12.7. The fourth-order valence-corrected chi connectivity index (χ4v) is 4.82. The molecule has 3 aromatic rings. The van der Waals surface area contributed by atoms with E-state index in [4.69, 9.17) is 10.5 Å². The number of fused-ring (bicyclic) bond motifs is 1. The molecule has 1 unspecified atom stereocenters. The molecule has 0 bridgehead atoms. The van der Waals surface area contributed by atoms with Gasteiger partial charge in [0.2, 0.25) is 0 Å². The number of aromatic nitrogens is 2. The molecule has 0 aliphatic heterocycles. The summed E-state index contributed by atoms with van der Waals surface area (Å²) in [5.74, 6) is 1.60. The second kappa shape index (κ2) is 9.55. The van der Waals surface area contributed by atoms with Gasteiger partial charge in [0, 0.05) is 47.8 Å². The molecule has 0 aliphatic carbocycles. The number of nitrogens with zero attached hydrogens (tertiary/aromatic N) is 2. The summed E-state index contributed by atoms with van der Waals surface area (Å²) in [5, 5.41) is 0.784. The minimum atomic E-state index is 0.0431. The zero-order valence-electron chi connectivity index (χ0n) is 17.8. The van der Waals surface area contributed by atoms with Gasteiger partial charge in [-0.15, -0.1) is 11.3 Å². The van der Waals surface area contributed by atoms with Gasteiger partial charge in [-0.2, -0.15) is 0 Å². The van der Waals surface area contributed by atoms with Gasteiger partial charge in [-0.3, -0.25) is 4.79 Å². The van der Waals surface area contributed by atoms with E-state index in [1.54, 1.807) is 29.1 Å². The van der Waals surface area contributed by atoms with Crippen molar-refractivity contribution in [3.8, 4) is 11.1 Å². The van der Waals surface area contributed by atoms with Crippen molar-refractivity contribution in [2.75, 3.05) is 18.9 Å². The number of aryl methyl sites for hydroxylation is 1. The molecule has 29 heavy (non-hydrogen) atoms. The molecule has 3 rings (SSSR count). The highest BCUT2D eigenvalue weighted by atomic mass is 32.1. The van der Waals surface area contributed by atoms with Gasteiger partial charge in [0.15, 0.2) is 0 Å². The smallest absolute Gasteiger partial charge is 0.259 e. The van der Waals surface area contributed by atoms with E-state index in [9.17, 15) is 4.79 Å². The third-order valence-electron chi connectivity index (χ3n) is 5.18. The fourth-order valence-electron chi connectivity index (χ4n) is 3.53. The lowest BCUT2D eigenvalue weighted by Crippen LogP contribution is -2.15. The van der Waals surface area contributed by atoms with Crippen LogP contribution in [0.2, 0.25) is 0 Å². The zero-order valence-corrected chi connectivity index (χ0v) is 18.6. The summed E-state index contributed by atoms with van der Waals surface area (Å²) in [7, 11) is 1.80. The maximum absolute atomic E-state index is 12.7. The SMILES string of the molecule is CCC(CCOCC(C)C)Cc1cc2c(=O)n(C)cc(-c3ccnc(N)c3)c2s1. The maximum atomic E-state index is 12.7. The van der Waals surface area contributed by atoms with Gasteiger partial charge in [-0.25, -0.2) is 4.98 Å². The molecule has 5 nitrogen and oxygen atoms in total. The third kappa shape index (κ3) is 5.25. The van der Waals surface area contributed by atoms with E-state index in [0.717, 1.165) is 53.7 Å². The highest BCUT2D eigenvalue weighted by Crippen LogP contribution is 2.35. The number of anilines is 1. The van der Waals surface area contributed by atoms with Crippen molar-refractivity contribution in [2.45, 2.75) is 40.0 Å². The minimum Gasteiger partial charge on any atom is -0.384 e. The predicted octanol–water partition coefficient (Wildman–Crippen LogP) is 4.88. The van der Waals surface area contributed by atoms with Crippen molar-refractivity contribution in [3.05, 3.63) is 45.8 Å². The van der Waals surface area contributed by atoms with E-state index < -0.39 is 0 Å². The fraction of sp³-hybridized carbons (Fsp3) is 0.478. The zero-order chi connectivity index (χ0) is 21.0. The Morgan fingerprint density at radius 2 is 2.10 bits per heavy atom. The Kier molecular flexibility index (Phi) is 7.09. The summed E-state index contributed by atoms with van der Waals surface area (Å²) in [6.45, 7) is 8.18. The average Bonchev–Trinajstić information content (AvgIpc) is 3.11. The van der Waals surface area contributed by atoms with E-state index >= 15 is 0 Å². The maximum Gasteiger partial charge on any atom is 0.259 e. The standard InChI is InChI=1S/C23H31N3O2S/c1-5-16(7-9-28-14-15(2)3)10-18-12-19-22(29-18)20(13-26(4)23(19)27)17-6-8-25-21(24)11-17/h6,8,11-13,15-16H,5,7,9-10,14H2,1-4H3,(H2,24,25). The molecule has 3 heterocycles. The summed E-state index contributed by atoms with van der Waals surface area (Å²) in [6.07, 6.45) is 6.73. The summed E-state index contributed by atoms with van der Waals surface area (Å²) in [4.78, 5) is 18.1. The largest absolute Gasteiger partial charge is 0.384 e. The first-order chi connectivity index (χ1) is 13.9. The van der Waals surface area contributed by atoms with Crippen molar-refractivity contribution >= 4 is 27.2 Å². The van der Waals surface area contributed by atoms with Crippen LogP contribution in [0, 0.1) is 11.8 Å². The van der Waals surface area contributed by atoms with Crippen molar-refractivity contribution < 1.29 is 4.74 Å². The Morgan fingerprint density at radius 3 is 2.79 bits per heavy atom. The Labute approximate surface area is 176 Å². The Hall–Kier alpha value is -2.18. The highest BCUT2D eigenvalue weighted by molar-refractivity contribution is 7.19. The van der Waals surface area contributed by atoms with Crippen molar-refractivity contribution in [1.82, 2.24) is 9.55 Å². The van der Waals surface area contributed by atoms with Gasteiger partial charge in [0.1, 0.15) is 5.82 Å². The quantitative estimate of drug-likeness (QED) is 0.508. The average molecular weight is 414 g/mol. The molecule has 0 aliphatic rings. The molecule has 0 aromatic carbocycles. The van der Waals surface area contributed by atoms with Crippen LogP contribution in [0.4, 0.5) is 5.82 Å². The van der Waals surface area contributed by atoms with Crippen molar-refractivity contribution in [2.24, 2.45) is 18.9 Å². The predicted molar refractivity (Wildman–Crippen MR) is 122 cm³/mol. The van der Waals surface area contributed by atoms with Crippen LogP contribution in [0.5, 0.6) is 0 Å². The number of ether oxygens (including phenoxy) is 1. The Balaban J connectivity index is 1.88. The minimum absolute atomic E-state index is 0.0431. The molecule has 0 saturated carbocycles. The summed E-state index contributed by atoms with van der Waals surface area (Å²) in [6, 6.07) is 5.88. The lowest BCUT2D eigenvalue weighted by atomic mass is 9.98. The first kappa shape index (κ1) is 21.5. The molecule has 0 spiro atoms. The van der Waals surface area contributed by atoms with Crippen LogP contribution in [0.25, 0.3) is 21.2 Å². The second-order valence-corrected chi connectivity index (χ2v) is 9.26. The van der Waals surface area contributed by atoms with Crippen LogP contribution in [0.15, 0.2) is 35.4 Å². The van der Waals surface area contributed by atoms with E-state index in [1.807, 2.05) is 18.3 Å². The van der Waals surface area contributed by atoms with Crippen molar-refractivity contribution in [3.63, 3.8) is 0 Å². The number of thiophene rings is 1. The number of nitrogen functional groups attached to an aromatic ring is 1. The number of hydrogen-bond acceptors (Lipinski definition) is 5. The Morgan fingerprint density at radius 1 is 1.31 bits per heavy atom. The number of rotatable bonds is 9. The van der Waals surface area contributed by atoms with Crippen LogP contribution in [-0.2, 0) is 18.2 Å². The van der Waals surface area contributed by atoms with Crippen molar-refractivity contribution in [1.29, 1.82) is 0 Å². The molecule has 156 valence electrons. The molecule has 0 saturated heterocycles. The van der Waals surface area contributed by atoms with Gasteiger partial charge in [0.25, 0.3) is 5.56 Å². The molecule has 3 aromatic heterocycles. The van der Waals surface area contributed by atoms with Crippen LogP contribution in [0.1, 0.15) is 38.5 Å². The van der Waals surface area contributed by atoms with Gasteiger partial charge >= 0.3 is 0 Å². The molecule has 0 radical (unpaired) electrons. The molecular weight excluding hydrogens is 382 g/mol. The number of nitrogens with two attached hydrogens (primary N) is 1. The first-order valence-electron chi connectivity index (χ1n) is 10.3. The molecule has 6 heteroatoms. The molecular formula is C23H31N3O2S. The molecule has 1 atom stereocenters. The van der Waals surface area contributed by atoms with E-state index in [-0.39, 0.29) is 5.56 Å². The van der Waals surface area contributed by atoms with Crippen LogP contribution < -0.4 is 11.3 Å². The van der Waals surface area contributed by atoms with Gasteiger partial charge in [-0.05, 0) is 48.4 Å². The van der Waals surface area contributed by atoms with Crippen LogP contribution in [0.3, 0.4) is 0 Å². The third-order valence-corrected chi connectivity index (χ3v) is 6.37. The molecule has 2 N–H and O–H groups in total. The number of hydrogen-bond donors (Lipinski definition) is 1. The van der Waals surface area contributed by atoms with E-state index in [2.05, 4.69) is 31.8 Å². The summed E-state index contributed by atoms with van der Waals surface area (Å²) >= 11 is 1.72. The second-order valence-electron chi connectivity index (χ2n) is 8.12. The molecule has 0 amide bonds. The van der Waals surface area contributed by atoms with Gasteiger partial charge < -0.3 is 15.0 Å². The molecule has 0 fully saturated rings.